The molecule has 0 fully saturated rings. The van der Waals surface area contributed by atoms with Crippen molar-refractivity contribution in [2.24, 2.45) is 0 Å². The number of aromatic nitrogens is 1. The SMILES string of the molecule is O=C(NCCO)c1cccc(Br)n1. The second-order valence-corrected chi connectivity index (χ2v) is 3.14. The molecule has 1 aromatic rings. The van der Waals surface area contributed by atoms with Crippen molar-refractivity contribution >= 4 is 21.8 Å². The Morgan fingerprint density at radius 1 is 1.62 bits per heavy atom. The lowest BCUT2D eigenvalue weighted by Gasteiger charge is -2.01. The fourth-order valence-corrected chi connectivity index (χ4v) is 1.14. The van der Waals surface area contributed by atoms with Gasteiger partial charge in [-0.3, -0.25) is 4.79 Å². The third kappa shape index (κ3) is 3.12. The summed E-state index contributed by atoms with van der Waals surface area (Å²) >= 11 is 3.16. The first-order valence-corrected chi connectivity index (χ1v) is 4.55. The summed E-state index contributed by atoms with van der Waals surface area (Å²) in [6, 6.07) is 5.07. The molecule has 13 heavy (non-hydrogen) atoms. The molecule has 0 unspecified atom stereocenters. The highest BCUT2D eigenvalue weighted by molar-refractivity contribution is 9.10. The molecule has 2 N–H and O–H groups in total. The summed E-state index contributed by atoms with van der Waals surface area (Å²) in [5, 5.41) is 11.0. The van der Waals surface area contributed by atoms with Gasteiger partial charge in [0.1, 0.15) is 10.3 Å². The van der Waals surface area contributed by atoms with E-state index in [1.807, 2.05) is 0 Å². The Hall–Kier alpha value is -0.940. The third-order valence-corrected chi connectivity index (χ3v) is 1.79. The Labute approximate surface area is 84.1 Å². The van der Waals surface area contributed by atoms with Crippen LogP contribution in [0.4, 0.5) is 0 Å². The fourth-order valence-electron chi connectivity index (χ4n) is 0.795. The number of aliphatic hydroxyl groups is 1. The summed E-state index contributed by atoms with van der Waals surface area (Å²) in [6.45, 7) is 0.173. The highest BCUT2D eigenvalue weighted by atomic mass is 79.9. The average Bonchev–Trinajstić information content (AvgIpc) is 2.14. The van der Waals surface area contributed by atoms with Crippen LogP contribution in [-0.2, 0) is 0 Å². The number of hydrogen-bond acceptors (Lipinski definition) is 3. The molecule has 1 rings (SSSR count). The Kier molecular flexibility index (Phi) is 3.85. The molecule has 0 aliphatic rings. The lowest BCUT2D eigenvalue weighted by molar-refractivity contribution is 0.0939. The highest BCUT2D eigenvalue weighted by Crippen LogP contribution is 2.05. The number of nitrogens with zero attached hydrogens (tertiary/aromatic N) is 1. The van der Waals surface area contributed by atoms with Crippen LogP contribution in [0.15, 0.2) is 22.8 Å². The molecule has 0 aliphatic heterocycles. The van der Waals surface area contributed by atoms with Crippen LogP contribution in [0.3, 0.4) is 0 Å². The van der Waals surface area contributed by atoms with Gasteiger partial charge in [0.05, 0.1) is 6.61 Å². The lowest BCUT2D eigenvalue weighted by atomic mass is 10.3. The van der Waals surface area contributed by atoms with Gasteiger partial charge in [-0.15, -0.1) is 0 Å². The van der Waals surface area contributed by atoms with Crippen molar-refractivity contribution in [1.29, 1.82) is 0 Å². The maximum atomic E-state index is 11.3. The predicted octanol–water partition coefficient (Wildman–Crippen LogP) is 0.566. The van der Waals surface area contributed by atoms with Gasteiger partial charge in [0.25, 0.3) is 5.91 Å². The molecule has 0 radical (unpaired) electrons. The molecule has 0 spiro atoms. The second kappa shape index (κ2) is 4.94. The maximum Gasteiger partial charge on any atom is 0.270 e. The van der Waals surface area contributed by atoms with E-state index in [-0.39, 0.29) is 19.1 Å². The summed E-state index contributed by atoms with van der Waals surface area (Å²) < 4.78 is 0.615. The zero-order valence-electron chi connectivity index (χ0n) is 6.83. The first-order valence-electron chi connectivity index (χ1n) is 3.75. The molecule has 1 heterocycles. The van der Waals surface area contributed by atoms with E-state index in [9.17, 15) is 4.79 Å². The van der Waals surface area contributed by atoms with Crippen LogP contribution in [0.5, 0.6) is 0 Å². The summed E-state index contributed by atoms with van der Waals surface area (Å²) in [7, 11) is 0. The Morgan fingerprint density at radius 3 is 3.00 bits per heavy atom. The van der Waals surface area contributed by atoms with E-state index < -0.39 is 0 Å². The van der Waals surface area contributed by atoms with Gasteiger partial charge < -0.3 is 10.4 Å². The van der Waals surface area contributed by atoms with E-state index >= 15 is 0 Å². The molecule has 1 amide bonds. The van der Waals surface area contributed by atoms with E-state index in [4.69, 9.17) is 5.11 Å². The average molecular weight is 245 g/mol. The van der Waals surface area contributed by atoms with Crippen LogP contribution >= 0.6 is 15.9 Å². The normalized spacial score (nSPS) is 9.69. The van der Waals surface area contributed by atoms with E-state index in [1.165, 1.54) is 0 Å². The molecular formula is C8H9BrN2O2. The van der Waals surface area contributed by atoms with Crippen LogP contribution in [0.2, 0.25) is 0 Å². The van der Waals surface area contributed by atoms with Gasteiger partial charge in [0.2, 0.25) is 0 Å². The maximum absolute atomic E-state index is 11.3. The van der Waals surface area contributed by atoms with E-state index in [0.29, 0.717) is 10.3 Å². The van der Waals surface area contributed by atoms with Crippen LogP contribution in [0.25, 0.3) is 0 Å². The smallest absolute Gasteiger partial charge is 0.270 e. The number of nitrogens with one attached hydrogen (secondary N) is 1. The minimum absolute atomic E-state index is 0.0697. The first-order chi connectivity index (χ1) is 6.24. The van der Waals surface area contributed by atoms with E-state index in [0.717, 1.165) is 0 Å². The van der Waals surface area contributed by atoms with E-state index in [1.54, 1.807) is 18.2 Å². The van der Waals surface area contributed by atoms with E-state index in [2.05, 4.69) is 26.2 Å². The molecule has 0 saturated carbocycles. The van der Waals surface area contributed by atoms with Gasteiger partial charge in [-0.1, -0.05) is 6.07 Å². The number of halogens is 1. The Morgan fingerprint density at radius 2 is 2.38 bits per heavy atom. The summed E-state index contributed by atoms with van der Waals surface area (Å²) in [4.78, 5) is 15.2. The molecule has 0 bridgehead atoms. The van der Waals surface area contributed by atoms with Gasteiger partial charge in [0, 0.05) is 6.54 Å². The molecular weight excluding hydrogens is 236 g/mol. The molecule has 5 heteroatoms. The number of aliphatic hydroxyl groups excluding tert-OH is 1. The summed E-state index contributed by atoms with van der Waals surface area (Å²) in [5.41, 5.74) is 0.336. The van der Waals surface area contributed by atoms with Gasteiger partial charge in [-0.05, 0) is 28.1 Å². The highest BCUT2D eigenvalue weighted by Gasteiger charge is 2.05. The second-order valence-electron chi connectivity index (χ2n) is 2.33. The minimum Gasteiger partial charge on any atom is -0.395 e. The minimum atomic E-state index is -0.282. The molecule has 0 saturated heterocycles. The predicted molar refractivity (Wildman–Crippen MR) is 51.4 cm³/mol. The standard InChI is InChI=1S/C8H9BrN2O2/c9-7-3-1-2-6(11-7)8(13)10-4-5-12/h1-3,12H,4-5H2,(H,10,13). The quantitative estimate of drug-likeness (QED) is 0.765. The molecule has 0 aromatic carbocycles. The number of hydrogen-bond donors (Lipinski definition) is 2. The number of amides is 1. The number of pyridine rings is 1. The summed E-state index contributed by atoms with van der Waals surface area (Å²) in [5.74, 6) is -0.282. The fraction of sp³-hybridized carbons (Fsp3) is 0.250. The van der Waals surface area contributed by atoms with Crippen LogP contribution in [0, 0.1) is 0 Å². The third-order valence-electron chi connectivity index (χ3n) is 1.35. The molecule has 1 aromatic heterocycles. The monoisotopic (exact) mass is 244 g/mol. The zero-order valence-corrected chi connectivity index (χ0v) is 8.41. The molecule has 70 valence electrons. The first kappa shape index (κ1) is 10.1. The van der Waals surface area contributed by atoms with Crippen LogP contribution < -0.4 is 5.32 Å². The van der Waals surface area contributed by atoms with Crippen molar-refractivity contribution in [3.63, 3.8) is 0 Å². The number of carbonyl (C=O) groups is 1. The number of rotatable bonds is 3. The van der Waals surface area contributed by atoms with Crippen molar-refractivity contribution in [2.45, 2.75) is 0 Å². The van der Waals surface area contributed by atoms with Gasteiger partial charge >= 0.3 is 0 Å². The van der Waals surface area contributed by atoms with Gasteiger partial charge in [-0.2, -0.15) is 0 Å². The van der Waals surface area contributed by atoms with Gasteiger partial charge in [-0.25, -0.2) is 4.98 Å². The number of carbonyl (C=O) groups excluding carboxylic acids is 1. The zero-order chi connectivity index (χ0) is 9.68. The van der Waals surface area contributed by atoms with Crippen molar-refractivity contribution in [3.8, 4) is 0 Å². The Balaban J connectivity index is 2.66. The van der Waals surface area contributed by atoms with Crippen molar-refractivity contribution in [3.05, 3.63) is 28.5 Å². The van der Waals surface area contributed by atoms with Gasteiger partial charge in [0.15, 0.2) is 0 Å². The van der Waals surface area contributed by atoms with Crippen LogP contribution in [-0.4, -0.2) is 29.1 Å². The van der Waals surface area contributed by atoms with Crippen molar-refractivity contribution in [1.82, 2.24) is 10.3 Å². The van der Waals surface area contributed by atoms with Crippen LogP contribution in [0.1, 0.15) is 10.5 Å². The topological polar surface area (TPSA) is 62.2 Å². The largest absolute Gasteiger partial charge is 0.395 e. The Bertz CT molecular complexity index is 304. The lowest BCUT2D eigenvalue weighted by Crippen LogP contribution is -2.27. The summed E-state index contributed by atoms with van der Waals surface area (Å²) in [6.07, 6.45) is 0. The molecule has 0 aliphatic carbocycles. The molecule has 4 nitrogen and oxygen atoms in total. The molecule has 0 atom stereocenters. The van der Waals surface area contributed by atoms with Crippen molar-refractivity contribution in [2.75, 3.05) is 13.2 Å². The van der Waals surface area contributed by atoms with Crippen molar-refractivity contribution < 1.29 is 9.90 Å².